The van der Waals surface area contributed by atoms with Gasteiger partial charge in [-0.05, 0) is 49.2 Å². The number of hydrogen-bond acceptors (Lipinski definition) is 4. The van der Waals surface area contributed by atoms with Crippen LogP contribution in [0.4, 0.5) is 4.79 Å². The number of benzene rings is 2. The number of amides is 3. The molecular weight excluding hydrogens is 382 g/mol. The van der Waals surface area contributed by atoms with Gasteiger partial charge in [-0.25, -0.2) is 4.79 Å². The van der Waals surface area contributed by atoms with E-state index in [0.717, 1.165) is 16.9 Å². The van der Waals surface area contributed by atoms with Crippen molar-refractivity contribution >= 4 is 11.9 Å². The van der Waals surface area contributed by atoms with Crippen molar-refractivity contribution in [1.82, 2.24) is 15.1 Å². The van der Waals surface area contributed by atoms with Crippen LogP contribution in [0.5, 0.6) is 11.5 Å². The van der Waals surface area contributed by atoms with Gasteiger partial charge in [0.15, 0.2) is 11.5 Å². The number of carbonyl (C=O) groups excluding carboxylic acids is 2. The molecule has 0 saturated carbocycles. The van der Waals surface area contributed by atoms with Crippen LogP contribution in [0, 0.1) is 0 Å². The number of fused-ring (bicyclic) bond motifs is 1. The topological polar surface area (TPSA) is 71.1 Å². The third-order valence-corrected chi connectivity index (χ3v) is 5.11. The number of urea groups is 1. The summed E-state index contributed by atoms with van der Waals surface area (Å²) in [7, 11) is 3.54. The molecule has 3 amide bonds. The first-order chi connectivity index (χ1) is 14.3. The number of nitrogens with one attached hydrogen (secondary N) is 1. The van der Waals surface area contributed by atoms with E-state index in [4.69, 9.17) is 9.47 Å². The van der Waals surface area contributed by atoms with E-state index in [1.165, 1.54) is 0 Å². The standard InChI is InChI=1S/C23H29N3O4/c1-16(2)26(4)22(27)19-8-5-17(6-9-19)14-24-23(28)25(3)15-18-7-10-20-21(13-18)30-12-11-29-20/h5-10,13,16H,11-12,14-15H2,1-4H3,(H,24,28). The largest absolute Gasteiger partial charge is 0.486 e. The van der Waals surface area contributed by atoms with Crippen molar-refractivity contribution < 1.29 is 19.1 Å². The van der Waals surface area contributed by atoms with Gasteiger partial charge in [-0.15, -0.1) is 0 Å². The van der Waals surface area contributed by atoms with Gasteiger partial charge < -0.3 is 24.6 Å². The van der Waals surface area contributed by atoms with Crippen molar-refractivity contribution in [2.75, 3.05) is 27.3 Å². The first kappa shape index (κ1) is 21.5. The van der Waals surface area contributed by atoms with E-state index in [-0.39, 0.29) is 18.0 Å². The van der Waals surface area contributed by atoms with E-state index in [9.17, 15) is 9.59 Å². The van der Waals surface area contributed by atoms with Crippen LogP contribution in [0.25, 0.3) is 0 Å². The van der Waals surface area contributed by atoms with Crippen LogP contribution in [0.15, 0.2) is 42.5 Å². The highest BCUT2D eigenvalue weighted by molar-refractivity contribution is 5.94. The van der Waals surface area contributed by atoms with Gasteiger partial charge in [0, 0.05) is 38.8 Å². The minimum atomic E-state index is -0.176. The predicted octanol–water partition coefficient (Wildman–Crippen LogP) is 3.28. The second-order valence-corrected chi connectivity index (χ2v) is 7.70. The average molecular weight is 412 g/mol. The summed E-state index contributed by atoms with van der Waals surface area (Å²) in [6.07, 6.45) is 0. The minimum Gasteiger partial charge on any atom is -0.486 e. The Morgan fingerprint density at radius 2 is 1.60 bits per heavy atom. The van der Waals surface area contributed by atoms with Crippen LogP contribution < -0.4 is 14.8 Å². The highest BCUT2D eigenvalue weighted by Crippen LogP contribution is 2.31. The fourth-order valence-electron chi connectivity index (χ4n) is 3.05. The van der Waals surface area contributed by atoms with Gasteiger partial charge in [0.1, 0.15) is 13.2 Å². The lowest BCUT2D eigenvalue weighted by atomic mass is 10.1. The summed E-state index contributed by atoms with van der Waals surface area (Å²) in [5, 5.41) is 2.91. The van der Waals surface area contributed by atoms with Crippen LogP contribution in [-0.4, -0.2) is 55.1 Å². The molecule has 0 aromatic heterocycles. The molecule has 1 aliphatic heterocycles. The Hall–Kier alpha value is -3.22. The summed E-state index contributed by atoms with van der Waals surface area (Å²) in [5.41, 5.74) is 2.53. The highest BCUT2D eigenvalue weighted by atomic mass is 16.6. The number of carbonyl (C=O) groups is 2. The fraction of sp³-hybridized carbons (Fsp3) is 0.391. The van der Waals surface area contributed by atoms with Crippen molar-refractivity contribution in [3.05, 3.63) is 59.2 Å². The van der Waals surface area contributed by atoms with Gasteiger partial charge >= 0.3 is 6.03 Å². The molecule has 0 unspecified atom stereocenters. The number of nitrogens with zero attached hydrogens (tertiary/aromatic N) is 2. The van der Waals surface area contributed by atoms with Gasteiger partial charge in [-0.3, -0.25) is 4.79 Å². The quantitative estimate of drug-likeness (QED) is 0.792. The van der Waals surface area contributed by atoms with E-state index in [2.05, 4.69) is 5.32 Å². The molecule has 2 aromatic carbocycles. The van der Waals surface area contributed by atoms with Crippen molar-refractivity contribution in [2.45, 2.75) is 33.0 Å². The van der Waals surface area contributed by atoms with E-state index in [0.29, 0.717) is 37.6 Å². The molecule has 30 heavy (non-hydrogen) atoms. The number of ether oxygens (including phenoxy) is 2. The normalized spacial score (nSPS) is 12.4. The lowest BCUT2D eigenvalue weighted by Crippen LogP contribution is -2.36. The van der Waals surface area contributed by atoms with Crippen LogP contribution in [0.3, 0.4) is 0 Å². The summed E-state index contributed by atoms with van der Waals surface area (Å²) < 4.78 is 11.1. The zero-order valence-electron chi connectivity index (χ0n) is 18.0. The molecule has 1 N–H and O–H groups in total. The Kier molecular flexibility index (Phi) is 6.82. The Bertz CT molecular complexity index is 896. The lowest BCUT2D eigenvalue weighted by Gasteiger charge is -2.22. The molecule has 0 fully saturated rings. The molecule has 1 heterocycles. The van der Waals surface area contributed by atoms with Crippen molar-refractivity contribution in [3.8, 4) is 11.5 Å². The minimum absolute atomic E-state index is 0.0141. The van der Waals surface area contributed by atoms with Crippen LogP contribution in [-0.2, 0) is 13.1 Å². The van der Waals surface area contributed by atoms with Crippen LogP contribution in [0.1, 0.15) is 35.3 Å². The molecule has 7 heteroatoms. The Balaban J connectivity index is 1.52. The summed E-state index contributed by atoms with van der Waals surface area (Å²) in [6.45, 7) is 5.88. The van der Waals surface area contributed by atoms with Gasteiger partial charge in [0.25, 0.3) is 5.91 Å². The van der Waals surface area contributed by atoms with Crippen molar-refractivity contribution in [3.63, 3.8) is 0 Å². The summed E-state index contributed by atoms with van der Waals surface area (Å²) >= 11 is 0. The molecular formula is C23H29N3O4. The molecule has 2 aromatic rings. The smallest absolute Gasteiger partial charge is 0.317 e. The second-order valence-electron chi connectivity index (χ2n) is 7.70. The zero-order valence-corrected chi connectivity index (χ0v) is 18.0. The number of rotatable bonds is 6. The summed E-state index contributed by atoms with van der Waals surface area (Å²) in [5.74, 6) is 1.43. The first-order valence-electron chi connectivity index (χ1n) is 10.1. The molecule has 0 spiro atoms. The van der Waals surface area contributed by atoms with E-state index in [1.807, 2.05) is 44.2 Å². The van der Waals surface area contributed by atoms with Crippen molar-refractivity contribution in [1.29, 1.82) is 0 Å². The van der Waals surface area contributed by atoms with Crippen LogP contribution in [0.2, 0.25) is 0 Å². The van der Waals surface area contributed by atoms with Crippen LogP contribution >= 0.6 is 0 Å². The Morgan fingerprint density at radius 3 is 2.27 bits per heavy atom. The monoisotopic (exact) mass is 411 g/mol. The van der Waals surface area contributed by atoms with Gasteiger partial charge in [0.2, 0.25) is 0 Å². The Labute approximate surface area is 177 Å². The van der Waals surface area contributed by atoms with Crippen molar-refractivity contribution in [2.24, 2.45) is 0 Å². The lowest BCUT2D eigenvalue weighted by molar-refractivity contribution is 0.0755. The van der Waals surface area contributed by atoms with E-state index in [1.54, 1.807) is 36.0 Å². The summed E-state index contributed by atoms with van der Waals surface area (Å²) in [6, 6.07) is 13.0. The van der Waals surface area contributed by atoms with E-state index >= 15 is 0 Å². The maximum atomic E-state index is 12.4. The molecule has 0 radical (unpaired) electrons. The molecule has 7 nitrogen and oxygen atoms in total. The first-order valence-corrected chi connectivity index (χ1v) is 10.1. The summed E-state index contributed by atoms with van der Waals surface area (Å²) in [4.78, 5) is 28.1. The van der Waals surface area contributed by atoms with Gasteiger partial charge in [0.05, 0.1) is 0 Å². The van der Waals surface area contributed by atoms with Gasteiger partial charge in [-0.2, -0.15) is 0 Å². The molecule has 0 atom stereocenters. The molecule has 0 bridgehead atoms. The molecule has 0 saturated heterocycles. The van der Waals surface area contributed by atoms with Gasteiger partial charge in [-0.1, -0.05) is 18.2 Å². The second kappa shape index (κ2) is 9.52. The SMILES string of the molecule is CC(C)N(C)C(=O)c1ccc(CNC(=O)N(C)Cc2ccc3c(c2)OCCO3)cc1. The average Bonchev–Trinajstić information content (AvgIpc) is 2.76. The predicted molar refractivity (Wildman–Crippen MR) is 115 cm³/mol. The maximum absolute atomic E-state index is 12.4. The molecule has 3 rings (SSSR count). The number of hydrogen-bond donors (Lipinski definition) is 1. The molecule has 1 aliphatic rings. The third-order valence-electron chi connectivity index (χ3n) is 5.11. The molecule has 160 valence electrons. The highest BCUT2D eigenvalue weighted by Gasteiger charge is 2.16. The zero-order chi connectivity index (χ0) is 21.7. The maximum Gasteiger partial charge on any atom is 0.317 e. The third kappa shape index (κ3) is 5.23. The Morgan fingerprint density at radius 1 is 0.967 bits per heavy atom. The fourth-order valence-corrected chi connectivity index (χ4v) is 3.05. The van der Waals surface area contributed by atoms with E-state index < -0.39 is 0 Å². The molecule has 0 aliphatic carbocycles.